The molecule has 1 N–H and O–H groups in total. The highest BCUT2D eigenvalue weighted by Crippen LogP contribution is 2.41. The monoisotopic (exact) mass is 339 g/mol. The highest BCUT2D eigenvalue weighted by atomic mass is 16.7. The Hall–Kier alpha value is -3.09. The normalized spacial score (nSPS) is 21.5. The molecule has 25 heavy (non-hydrogen) atoms. The van der Waals surface area contributed by atoms with Crippen molar-refractivity contribution in [1.29, 1.82) is 0 Å². The fourth-order valence-corrected chi connectivity index (χ4v) is 3.31. The molecule has 2 aliphatic heterocycles. The lowest BCUT2D eigenvalue weighted by atomic mass is 9.92. The molecule has 0 bridgehead atoms. The maximum Gasteiger partial charge on any atom is 0.231 e. The van der Waals surface area contributed by atoms with Crippen LogP contribution in [0.25, 0.3) is 0 Å². The number of hydrogen-bond donors (Lipinski definition) is 1. The van der Waals surface area contributed by atoms with Crippen molar-refractivity contribution in [2.45, 2.75) is 12.5 Å². The predicted octanol–water partition coefficient (Wildman–Crippen LogP) is 1.97. The molecular weight excluding hydrogens is 322 g/mol. The summed E-state index contributed by atoms with van der Waals surface area (Å²) in [5.74, 6) is 0.987. The van der Waals surface area contributed by atoms with Crippen LogP contribution in [0.1, 0.15) is 18.0 Å². The standard InChI is InChI=1S/C18H17N3O4/c1-21-16(22)9-12(18(23)20-15-4-2-3-7-19-15)17(21)11-5-6-13-14(8-11)25-10-24-13/h2-8,12,17H,9-10H2,1H3,(H,19,20,23). The van der Waals surface area contributed by atoms with Crippen molar-refractivity contribution in [3.63, 3.8) is 0 Å². The molecule has 1 aromatic carbocycles. The third-order valence-corrected chi connectivity index (χ3v) is 4.58. The van der Waals surface area contributed by atoms with Crippen LogP contribution in [-0.2, 0) is 9.59 Å². The fraction of sp³-hybridized carbons (Fsp3) is 0.278. The van der Waals surface area contributed by atoms with Crippen LogP contribution in [-0.4, -0.2) is 35.5 Å². The van der Waals surface area contributed by atoms with Gasteiger partial charge in [-0.2, -0.15) is 0 Å². The van der Waals surface area contributed by atoms with Gasteiger partial charge in [-0.3, -0.25) is 9.59 Å². The summed E-state index contributed by atoms with van der Waals surface area (Å²) in [6.45, 7) is 0.182. The van der Waals surface area contributed by atoms with Gasteiger partial charge in [0, 0.05) is 19.7 Å². The Kier molecular flexibility index (Phi) is 3.76. The largest absolute Gasteiger partial charge is 0.454 e. The number of nitrogens with zero attached hydrogens (tertiary/aromatic N) is 2. The molecule has 2 unspecified atom stereocenters. The first kappa shape index (κ1) is 15.4. The number of ether oxygens (including phenoxy) is 2. The van der Waals surface area contributed by atoms with Crippen LogP contribution in [0.3, 0.4) is 0 Å². The number of nitrogens with one attached hydrogen (secondary N) is 1. The Morgan fingerprint density at radius 2 is 2.08 bits per heavy atom. The molecule has 0 spiro atoms. The van der Waals surface area contributed by atoms with E-state index in [1.54, 1.807) is 36.3 Å². The van der Waals surface area contributed by atoms with Crippen LogP contribution in [0.2, 0.25) is 0 Å². The minimum atomic E-state index is -0.500. The summed E-state index contributed by atoms with van der Waals surface area (Å²) in [5.41, 5.74) is 0.846. The molecular formula is C18H17N3O4. The van der Waals surface area contributed by atoms with Crippen LogP contribution < -0.4 is 14.8 Å². The number of pyridine rings is 1. The zero-order chi connectivity index (χ0) is 17.4. The van der Waals surface area contributed by atoms with Gasteiger partial charge in [0.25, 0.3) is 0 Å². The number of aromatic nitrogens is 1. The summed E-state index contributed by atoms with van der Waals surface area (Å²) in [6.07, 6.45) is 1.77. The zero-order valence-electron chi connectivity index (χ0n) is 13.6. The molecule has 2 aliphatic rings. The summed E-state index contributed by atoms with van der Waals surface area (Å²) < 4.78 is 10.7. The van der Waals surface area contributed by atoms with E-state index >= 15 is 0 Å². The molecule has 2 amide bonds. The number of hydrogen-bond acceptors (Lipinski definition) is 5. The van der Waals surface area contributed by atoms with Crippen molar-refractivity contribution in [2.24, 2.45) is 5.92 Å². The molecule has 1 aromatic heterocycles. The quantitative estimate of drug-likeness (QED) is 0.925. The molecule has 128 valence electrons. The minimum absolute atomic E-state index is 0.0659. The molecule has 1 saturated heterocycles. The molecule has 3 heterocycles. The number of anilines is 1. The van der Waals surface area contributed by atoms with Gasteiger partial charge in [0.2, 0.25) is 18.6 Å². The van der Waals surface area contributed by atoms with Gasteiger partial charge in [0.05, 0.1) is 12.0 Å². The van der Waals surface area contributed by atoms with Crippen molar-refractivity contribution in [3.8, 4) is 11.5 Å². The molecule has 0 saturated carbocycles. The van der Waals surface area contributed by atoms with Crippen LogP contribution in [0, 0.1) is 5.92 Å². The van der Waals surface area contributed by atoms with Gasteiger partial charge in [-0.25, -0.2) is 4.98 Å². The van der Waals surface area contributed by atoms with E-state index in [-0.39, 0.29) is 31.1 Å². The fourth-order valence-electron chi connectivity index (χ4n) is 3.31. The second-order valence-electron chi connectivity index (χ2n) is 6.08. The van der Waals surface area contributed by atoms with Crippen molar-refractivity contribution in [2.75, 3.05) is 19.2 Å². The number of carbonyl (C=O) groups excluding carboxylic acids is 2. The van der Waals surface area contributed by atoms with Crippen LogP contribution in [0.15, 0.2) is 42.6 Å². The Bertz CT molecular complexity index is 824. The van der Waals surface area contributed by atoms with Gasteiger partial charge in [-0.05, 0) is 29.8 Å². The average Bonchev–Trinajstić information content (AvgIpc) is 3.20. The van der Waals surface area contributed by atoms with Crippen LogP contribution in [0.5, 0.6) is 11.5 Å². The number of carbonyl (C=O) groups is 2. The Morgan fingerprint density at radius 3 is 2.88 bits per heavy atom. The van der Waals surface area contributed by atoms with Crippen molar-refractivity contribution in [1.82, 2.24) is 9.88 Å². The first-order valence-electron chi connectivity index (χ1n) is 8.00. The first-order chi connectivity index (χ1) is 12.1. The lowest BCUT2D eigenvalue weighted by molar-refractivity contribution is -0.128. The lowest BCUT2D eigenvalue weighted by Gasteiger charge is -2.25. The number of amides is 2. The van der Waals surface area contributed by atoms with Crippen molar-refractivity contribution >= 4 is 17.6 Å². The highest BCUT2D eigenvalue weighted by Gasteiger charge is 2.43. The van der Waals surface area contributed by atoms with Gasteiger partial charge >= 0.3 is 0 Å². The topological polar surface area (TPSA) is 80.8 Å². The number of rotatable bonds is 3. The molecule has 1 fully saturated rings. The van der Waals surface area contributed by atoms with Crippen molar-refractivity contribution < 1.29 is 19.1 Å². The summed E-state index contributed by atoms with van der Waals surface area (Å²) >= 11 is 0. The second-order valence-corrected chi connectivity index (χ2v) is 6.08. The van der Waals surface area contributed by atoms with Crippen LogP contribution in [0.4, 0.5) is 5.82 Å². The third-order valence-electron chi connectivity index (χ3n) is 4.58. The SMILES string of the molecule is CN1C(=O)CC(C(=O)Nc2ccccn2)C1c1ccc2c(c1)OCO2. The zero-order valence-corrected chi connectivity index (χ0v) is 13.6. The Balaban J connectivity index is 1.62. The van der Waals surface area contributed by atoms with E-state index in [9.17, 15) is 9.59 Å². The van der Waals surface area contributed by atoms with Crippen molar-refractivity contribution in [3.05, 3.63) is 48.2 Å². The predicted molar refractivity (Wildman–Crippen MR) is 89.0 cm³/mol. The molecule has 7 nitrogen and oxygen atoms in total. The van der Waals surface area contributed by atoms with Gasteiger partial charge in [-0.1, -0.05) is 12.1 Å². The van der Waals surface area contributed by atoms with Gasteiger partial charge < -0.3 is 19.7 Å². The lowest BCUT2D eigenvalue weighted by Crippen LogP contribution is -2.30. The first-order valence-corrected chi connectivity index (χ1v) is 8.00. The molecule has 0 radical (unpaired) electrons. The highest BCUT2D eigenvalue weighted by molar-refractivity contribution is 5.97. The molecule has 0 aliphatic carbocycles. The maximum absolute atomic E-state index is 12.7. The molecule has 2 aromatic rings. The number of benzene rings is 1. The number of fused-ring (bicyclic) bond motifs is 1. The van der Waals surface area contributed by atoms with Gasteiger partial charge in [0.1, 0.15) is 5.82 Å². The van der Waals surface area contributed by atoms with Crippen LogP contribution >= 0.6 is 0 Å². The van der Waals surface area contributed by atoms with Gasteiger partial charge in [-0.15, -0.1) is 0 Å². The van der Waals surface area contributed by atoms with E-state index < -0.39 is 5.92 Å². The summed E-state index contributed by atoms with van der Waals surface area (Å²) in [5, 5.41) is 2.79. The Labute approximate surface area is 144 Å². The van der Waals surface area contributed by atoms with Gasteiger partial charge in [0.15, 0.2) is 11.5 Å². The van der Waals surface area contributed by atoms with E-state index in [4.69, 9.17) is 9.47 Å². The van der Waals surface area contributed by atoms with E-state index in [1.807, 2.05) is 18.2 Å². The molecule has 2 atom stereocenters. The number of likely N-dealkylation sites (tertiary alicyclic amines) is 1. The Morgan fingerprint density at radius 1 is 1.24 bits per heavy atom. The van der Waals surface area contributed by atoms with E-state index in [2.05, 4.69) is 10.3 Å². The van der Waals surface area contributed by atoms with E-state index in [0.717, 1.165) is 5.56 Å². The van der Waals surface area contributed by atoms with E-state index in [0.29, 0.717) is 17.3 Å². The minimum Gasteiger partial charge on any atom is -0.454 e. The maximum atomic E-state index is 12.7. The second kappa shape index (κ2) is 6.08. The molecule has 7 heteroatoms. The summed E-state index contributed by atoms with van der Waals surface area (Å²) in [4.78, 5) is 30.7. The third kappa shape index (κ3) is 2.77. The summed E-state index contributed by atoms with van der Waals surface area (Å²) in [6, 6.07) is 10.4. The summed E-state index contributed by atoms with van der Waals surface area (Å²) in [7, 11) is 1.71. The molecule has 4 rings (SSSR count). The average molecular weight is 339 g/mol. The smallest absolute Gasteiger partial charge is 0.231 e. The van der Waals surface area contributed by atoms with E-state index in [1.165, 1.54) is 0 Å².